The molecule has 0 fully saturated rings. The molecule has 0 amide bonds. The minimum atomic E-state index is -0.325. The van der Waals surface area contributed by atoms with Crippen LogP contribution in [0.5, 0.6) is 5.75 Å². The smallest absolute Gasteiger partial charge is 0.308 e. The zero-order valence-corrected chi connectivity index (χ0v) is 7.07. The number of nitrogens with one attached hydrogen (secondary N) is 1. The van der Waals surface area contributed by atoms with E-state index in [1.165, 1.54) is 6.92 Å². The molecule has 0 aliphatic heterocycles. The summed E-state index contributed by atoms with van der Waals surface area (Å²) in [6.45, 7) is 1.37. The van der Waals surface area contributed by atoms with Crippen LogP contribution in [0.4, 0.5) is 0 Å². The fourth-order valence-corrected chi connectivity index (χ4v) is 1.18. The number of rotatable bonds is 1. The van der Waals surface area contributed by atoms with Crippen LogP contribution < -0.4 is 4.74 Å². The van der Waals surface area contributed by atoms with Crippen molar-refractivity contribution in [2.45, 2.75) is 6.92 Å². The molecule has 0 atom stereocenters. The molecule has 1 N–H and O–H groups in total. The van der Waals surface area contributed by atoms with Gasteiger partial charge in [-0.2, -0.15) is 5.10 Å². The van der Waals surface area contributed by atoms with Crippen LogP contribution in [0, 0.1) is 0 Å². The number of esters is 1. The first-order valence-electron chi connectivity index (χ1n) is 3.88. The summed E-state index contributed by atoms with van der Waals surface area (Å²) in [7, 11) is 0. The number of nitrogens with zero attached hydrogens (tertiary/aromatic N) is 1. The van der Waals surface area contributed by atoms with Crippen LogP contribution in [0.25, 0.3) is 10.9 Å². The Labute approximate surface area is 74.5 Å². The van der Waals surface area contributed by atoms with Crippen molar-refractivity contribution in [3.63, 3.8) is 0 Å². The summed E-state index contributed by atoms with van der Waals surface area (Å²) in [4.78, 5) is 10.7. The van der Waals surface area contributed by atoms with E-state index in [1.54, 1.807) is 18.3 Å². The zero-order chi connectivity index (χ0) is 9.26. The van der Waals surface area contributed by atoms with Gasteiger partial charge in [0.1, 0.15) is 5.75 Å². The predicted octanol–water partition coefficient (Wildman–Crippen LogP) is 1.49. The van der Waals surface area contributed by atoms with Gasteiger partial charge in [-0.15, -0.1) is 0 Å². The molecule has 2 rings (SSSR count). The number of aromatic amines is 1. The van der Waals surface area contributed by atoms with Crippen molar-refractivity contribution in [2.75, 3.05) is 0 Å². The maximum atomic E-state index is 10.7. The van der Waals surface area contributed by atoms with Crippen LogP contribution in [0.2, 0.25) is 0 Å². The molecule has 0 spiro atoms. The number of hydrogen-bond acceptors (Lipinski definition) is 3. The molecule has 4 heteroatoms. The highest BCUT2D eigenvalue weighted by Crippen LogP contribution is 2.23. The molecule has 1 heterocycles. The Kier molecular flexibility index (Phi) is 1.73. The molecule has 0 saturated carbocycles. The minimum absolute atomic E-state index is 0.325. The first kappa shape index (κ1) is 7.79. The van der Waals surface area contributed by atoms with E-state index in [0.717, 1.165) is 10.9 Å². The van der Waals surface area contributed by atoms with E-state index in [0.29, 0.717) is 5.75 Å². The molecule has 66 valence electrons. The van der Waals surface area contributed by atoms with Gasteiger partial charge in [0.25, 0.3) is 0 Å². The largest absolute Gasteiger partial charge is 0.426 e. The monoisotopic (exact) mass is 176 g/mol. The summed E-state index contributed by atoms with van der Waals surface area (Å²) in [5, 5.41) is 7.46. The molecule has 13 heavy (non-hydrogen) atoms. The lowest BCUT2D eigenvalue weighted by Crippen LogP contribution is -2.01. The first-order chi connectivity index (χ1) is 6.27. The van der Waals surface area contributed by atoms with Crippen molar-refractivity contribution in [1.82, 2.24) is 10.2 Å². The highest BCUT2D eigenvalue weighted by molar-refractivity contribution is 5.86. The summed E-state index contributed by atoms with van der Waals surface area (Å²) >= 11 is 0. The van der Waals surface area contributed by atoms with Crippen molar-refractivity contribution in [1.29, 1.82) is 0 Å². The van der Waals surface area contributed by atoms with Gasteiger partial charge in [-0.05, 0) is 12.1 Å². The van der Waals surface area contributed by atoms with Crippen LogP contribution >= 0.6 is 0 Å². The highest BCUT2D eigenvalue weighted by Gasteiger charge is 2.04. The number of ether oxygens (including phenoxy) is 1. The third kappa shape index (κ3) is 1.38. The van der Waals surface area contributed by atoms with Gasteiger partial charge in [0.05, 0.1) is 17.1 Å². The Morgan fingerprint density at radius 1 is 1.54 bits per heavy atom. The lowest BCUT2D eigenvalue weighted by Gasteiger charge is -2.00. The second kappa shape index (κ2) is 2.90. The zero-order valence-electron chi connectivity index (χ0n) is 7.07. The predicted molar refractivity (Wildman–Crippen MR) is 47.4 cm³/mol. The minimum Gasteiger partial charge on any atom is -0.426 e. The molecule has 4 nitrogen and oxygen atoms in total. The molecule has 0 saturated heterocycles. The SMILES string of the molecule is CC(=O)Oc1cccc2[nH]ncc12. The maximum absolute atomic E-state index is 10.7. The van der Waals surface area contributed by atoms with Crippen LogP contribution in [0.15, 0.2) is 24.4 Å². The van der Waals surface area contributed by atoms with Crippen molar-refractivity contribution in [3.05, 3.63) is 24.4 Å². The Morgan fingerprint density at radius 2 is 2.38 bits per heavy atom. The van der Waals surface area contributed by atoms with E-state index in [2.05, 4.69) is 10.2 Å². The van der Waals surface area contributed by atoms with Gasteiger partial charge in [0.15, 0.2) is 0 Å². The quantitative estimate of drug-likeness (QED) is 0.529. The Bertz CT molecular complexity index is 448. The summed E-state index contributed by atoms with van der Waals surface area (Å²) in [6, 6.07) is 5.41. The number of fused-ring (bicyclic) bond motifs is 1. The van der Waals surface area contributed by atoms with E-state index in [-0.39, 0.29) is 5.97 Å². The van der Waals surface area contributed by atoms with Crippen LogP contribution in [0.3, 0.4) is 0 Å². The summed E-state index contributed by atoms with van der Waals surface area (Å²) < 4.78 is 4.99. The van der Waals surface area contributed by atoms with Crippen molar-refractivity contribution in [2.24, 2.45) is 0 Å². The number of carbonyl (C=O) groups excluding carboxylic acids is 1. The van der Waals surface area contributed by atoms with Crippen LogP contribution in [-0.4, -0.2) is 16.2 Å². The molecule has 0 unspecified atom stereocenters. The standard InChI is InChI=1S/C9H8N2O2/c1-6(12)13-9-4-2-3-8-7(9)5-10-11-8/h2-5H,1H3,(H,10,11). The molecule has 0 bridgehead atoms. The number of aromatic nitrogens is 2. The number of hydrogen-bond donors (Lipinski definition) is 1. The molecule has 2 aromatic rings. The van der Waals surface area contributed by atoms with Crippen molar-refractivity contribution >= 4 is 16.9 Å². The fraction of sp³-hybridized carbons (Fsp3) is 0.111. The van der Waals surface area contributed by atoms with Gasteiger partial charge in [-0.1, -0.05) is 6.07 Å². The Balaban J connectivity index is 2.54. The van der Waals surface area contributed by atoms with Crippen LogP contribution in [-0.2, 0) is 4.79 Å². The van der Waals surface area contributed by atoms with Crippen LogP contribution in [0.1, 0.15) is 6.92 Å². The normalized spacial score (nSPS) is 10.2. The summed E-state index contributed by atoms with van der Waals surface area (Å²) in [5.74, 6) is 0.215. The van der Waals surface area contributed by atoms with Crippen molar-refractivity contribution in [3.8, 4) is 5.75 Å². The molecule has 1 aromatic heterocycles. The molecular formula is C9H8N2O2. The highest BCUT2D eigenvalue weighted by atomic mass is 16.5. The molecular weight excluding hydrogens is 168 g/mol. The molecule has 0 radical (unpaired) electrons. The second-order valence-corrected chi connectivity index (χ2v) is 2.68. The average molecular weight is 176 g/mol. The van der Waals surface area contributed by atoms with Gasteiger partial charge in [-0.3, -0.25) is 9.89 Å². The number of benzene rings is 1. The summed E-state index contributed by atoms with van der Waals surface area (Å²) in [5.41, 5.74) is 0.860. The summed E-state index contributed by atoms with van der Waals surface area (Å²) in [6.07, 6.45) is 1.63. The fourth-order valence-electron chi connectivity index (χ4n) is 1.18. The number of H-pyrrole nitrogens is 1. The number of carbonyl (C=O) groups is 1. The van der Waals surface area contributed by atoms with E-state index in [9.17, 15) is 4.79 Å². The lowest BCUT2D eigenvalue weighted by atomic mass is 10.2. The molecule has 1 aromatic carbocycles. The average Bonchev–Trinajstić information content (AvgIpc) is 2.51. The van der Waals surface area contributed by atoms with E-state index in [1.807, 2.05) is 6.07 Å². The lowest BCUT2D eigenvalue weighted by molar-refractivity contribution is -0.131. The maximum Gasteiger partial charge on any atom is 0.308 e. The van der Waals surface area contributed by atoms with E-state index in [4.69, 9.17) is 4.74 Å². The van der Waals surface area contributed by atoms with Crippen molar-refractivity contribution < 1.29 is 9.53 Å². The third-order valence-corrected chi connectivity index (χ3v) is 1.70. The van der Waals surface area contributed by atoms with Gasteiger partial charge in [-0.25, -0.2) is 0 Å². The molecule has 0 aliphatic carbocycles. The van der Waals surface area contributed by atoms with Gasteiger partial charge >= 0.3 is 5.97 Å². The molecule has 0 aliphatic rings. The second-order valence-electron chi connectivity index (χ2n) is 2.68. The van der Waals surface area contributed by atoms with Gasteiger partial charge in [0.2, 0.25) is 0 Å². The topological polar surface area (TPSA) is 55.0 Å². The Hall–Kier alpha value is -1.84. The van der Waals surface area contributed by atoms with E-state index < -0.39 is 0 Å². The van der Waals surface area contributed by atoms with E-state index >= 15 is 0 Å². The third-order valence-electron chi connectivity index (χ3n) is 1.70. The first-order valence-corrected chi connectivity index (χ1v) is 3.88. The van der Waals surface area contributed by atoms with Gasteiger partial charge < -0.3 is 4.74 Å². The van der Waals surface area contributed by atoms with Gasteiger partial charge in [0, 0.05) is 6.92 Å². The Morgan fingerprint density at radius 3 is 3.15 bits per heavy atom.